The summed E-state index contributed by atoms with van der Waals surface area (Å²) in [5.74, 6) is 0.562. The number of aryl methyl sites for hydroxylation is 1. The minimum absolute atomic E-state index is 0.239. The Labute approximate surface area is 173 Å². The zero-order valence-corrected chi connectivity index (χ0v) is 17.1. The van der Waals surface area contributed by atoms with Crippen molar-refractivity contribution < 1.29 is 9.13 Å². The minimum atomic E-state index is -0.239. The highest BCUT2D eigenvalue weighted by molar-refractivity contribution is 7.07. The van der Waals surface area contributed by atoms with Crippen molar-refractivity contribution in [2.45, 2.75) is 13.5 Å². The third kappa shape index (κ3) is 4.46. The third-order valence-corrected chi connectivity index (χ3v) is 5.56. The molecular formula is C24H21FN2OS. The van der Waals surface area contributed by atoms with Crippen molar-refractivity contribution in [1.82, 2.24) is 4.57 Å². The number of aromatic nitrogens is 1. The van der Waals surface area contributed by atoms with E-state index >= 15 is 0 Å². The lowest BCUT2D eigenvalue weighted by Gasteiger charge is -2.10. The SMILES string of the molecule is COc1ccc(N=c2scc(-c3ccc(F)cc3)n2Cc2ccc(C)cc2)cc1. The normalized spacial score (nSPS) is 11.6. The zero-order chi connectivity index (χ0) is 20.2. The quantitative estimate of drug-likeness (QED) is 0.403. The second kappa shape index (κ2) is 8.45. The molecule has 4 aromatic rings. The van der Waals surface area contributed by atoms with Crippen molar-refractivity contribution in [3.8, 4) is 17.0 Å². The van der Waals surface area contributed by atoms with Gasteiger partial charge in [0, 0.05) is 5.38 Å². The van der Waals surface area contributed by atoms with Gasteiger partial charge >= 0.3 is 0 Å². The van der Waals surface area contributed by atoms with Gasteiger partial charge in [-0.15, -0.1) is 11.3 Å². The summed E-state index contributed by atoms with van der Waals surface area (Å²) in [7, 11) is 1.65. The van der Waals surface area contributed by atoms with E-state index in [0.29, 0.717) is 6.54 Å². The Morgan fingerprint density at radius 3 is 2.28 bits per heavy atom. The average Bonchev–Trinajstić information content (AvgIpc) is 3.13. The molecule has 1 aromatic heterocycles. The zero-order valence-electron chi connectivity index (χ0n) is 16.3. The number of hydrogen-bond acceptors (Lipinski definition) is 3. The van der Waals surface area contributed by atoms with E-state index in [9.17, 15) is 4.39 Å². The maximum Gasteiger partial charge on any atom is 0.190 e. The highest BCUT2D eigenvalue weighted by atomic mass is 32.1. The van der Waals surface area contributed by atoms with Crippen molar-refractivity contribution in [2.75, 3.05) is 7.11 Å². The molecule has 0 amide bonds. The summed E-state index contributed by atoms with van der Waals surface area (Å²) in [6, 6.07) is 22.7. The molecular weight excluding hydrogens is 383 g/mol. The lowest BCUT2D eigenvalue weighted by molar-refractivity contribution is 0.415. The largest absolute Gasteiger partial charge is 0.497 e. The number of benzene rings is 3. The molecule has 0 spiro atoms. The molecule has 0 saturated heterocycles. The maximum absolute atomic E-state index is 13.4. The van der Waals surface area contributed by atoms with Crippen molar-refractivity contribution in [2.24, 2.45) is 4.99 Å². The van der Waals surface area contributed by atoms with Crippen LogP contribution in [0.1, 0.15) is 11.1 Å². The van der Waals surface area contributed by atoms with E-state index in [2.05, 4.69) is 41.1 Å². The van der Waals surface area contributed by atoms with Gasteiger partial charge in [-0.3, -0.25) is 0 Å². The lowest BCUT2D eigenvalue weighted by atomic mass is 10.1. The van der Waals surface area contributed by atoms with Crippen LogP contribution in [0, 0.1) is 12.7 Å². The predicted molar refractivity (Wildman–Crippen MR) is 116 cm³/mol. The Bertz CT molecular complexity index is 1160. The molecule has 1 heterocycles. The van der Waals surface area contributed by atoms with Crippen LogP contribution in [0.25, 0.3) is 11.3 Å². The molecule has 29 heavy (non-hydrogen) atoms. The van der Waals surface area contributed by atoms with Gasteiger partial charge in [-0.05, 0) is 66.6 Å². The summed E-state index contributed by atoms with van der Waals surface area (Å²) in [5.41, 5.74) is 5.25. The number of ether oxygens (including phenoxy) is 1. The van der Waals surface area contributed by atoms with Gasteiger partial charge in [0.1, 0.15) is 11.6 Å². The monoisotopic (exact) mass is 404 g/mol. The molecule has 0 bridgehead atoms. The minimum Gasteiger partial charge on any atom is -0.497 e. The van der Waals surface area contributed by atoms with E-state index in [4.69, 9.17) is 9.73 Å². The second-order valence-corrected chi connectivity index (χ2v) is 7.63. The van der Waals surface area contributed by atoms with Crippen LogP contribution in [0.15, 0.2) is 83.2 Å². The molecule has 4 rings (SSSR count). The summed E-state index contributed by atoms with van der Waals surface area (Å²) in [6.07, 6.45) is 0. The summed E-state index contributed by atoms with van der Waals surface area (Å²) >= 11 is 1.57. The smallest absolute Gasteiger partial charge is 0.190 e. The van der Waals surface area contributed by atoms with Gasteiger partial charge in [0.2, 0.25) is 0 Å². The Morgan fingerprint density at radius 2 is 1.62 bits per heavy atom. The molecule has 3 nitrogen and oxygen atoms in total. The molecule has 3 aromatic carbocycles. The summed E-state index contributed by atoms with van der Waals surface area (Å²) < 4.78 is 20.8. The molecule has 0 aliphatic carbocycles. The number of rotatable bonds is 5. The highest BCUT2D eigenvalue weighted by Crippen LogP contribution is 2.23. The van der Waals surface area contributed by atoms with Crippen molar-refractivity contribution in [3.63, 3.8) is 0 Å². The van der Waals surface area contributed by atoms with Gasteiger partial charge in [0.25, 0.3) is 0 Å². The third-order valence-electron chi connectivity index (χ3n) is 4.70. The Morgan fingerprint density at radius 1 is 0.931 bits per heavy atom. The van der Waals surface area contributed by atoms with E-state index < -0.39 is 0 Å². The fourth-order valence-electron chi connectivity index (χ4n) is 3.07. The van der Waals surface area contributed by atoms with E-state index in [1.165, 1.54) is 23.3 Å². The number of hydrogen-bond donors (Lipinski definition) is 0. The highest BCUT2D eigenvalue weighted by Gasteiger charge is 2.09. The van der Waals surface area contributed by atoms with Crippen molar-refractivity contribution in [1.29, 1.82) is 0 Å². The van der Waals surface area contributed by atoms with Crippen LogP contribution in [0.2, 0.25) is 0 Å². The van der Waals surface area contributed by atoms with Crippen molar-refractivity contribution in [3.05, 3.63) is 99.9 Å². The predicted octanol–water partition coefficient (Wildman–Crippen LogP) is 5.95. The Kier molecular flexibility index (Phi) is 5.58. The molecule has 0 N–H and O–H groups in total. The van der Waals surface area contributed by atoms with Gasteiger partial charge in [-0.1, -0.05) is 29.8 Å². The van der Waals surface area contributed by atoms with Gasteiger partial charge in [-0.2, -0.15) is 0 Å². The first-order valence-corrected chi connectivity index (χ1v) is 10.2. The fraction of sp³-hybridized carbons (Fsp3) is 0.125. The molecule has 0 atom stereocenters. The first kappa shape index (κ1) is 19.2. The number of thiazole rings is 1. The van der Waals surface area contributed by atoms with Crippen LogP contribution in [0.4, 0.5) is 10.1 Å². The second-order valence-electron chi connectivity index (χ2n) is 6.79. The fourth-order valence-corrected chi connectivity index (χ4v) is 3.99. The van der Waals surface area contributed by atoms with Crippen LogP contribution < -0.4 is 9.54 Å². The molecule has 0 radical (unpaired) electrons. The van der Waals surface area contributed by atoms with Crippen LogP contribution >= 0.6 is 11.3 Å². The molecule has 0 aliphatic heterocycles. The van der Waals surface area contributed by atoms with Crippen LogP contribution in [0.3, 0.4) is 0 Å². The van der Waals surface area contributed by atoms with Gasteiger partial charge in [-0.25, -0.2) is 9.38 Å². The summed E-state index contributed by atoms with van der Waals surface area (Å²) in [5, 5.41) is 2.07. The summed E-state index contributed by atoms with van der Waals surface area (Å²) in [6.45, 7) is 2.77. The van der Waals surface area contributed by atoms with Crippen molar-refractivity contribution >= 4 is 17.0 Å². The molecule has 0 saturated carbocycles. The van der Waals surface area contributed by atoms with E-state index in [-0.39, 0.29) is 5.82 Å². The Balaban J connectivity index is 1.80. The number of methoxy groups -OCH3 is 1. The molecule has 0 fully saturated rings. The van der Waals surface area contributed by atoms with Crippen LogP contribution in [-0.4, -0.2) is 11.7 Å². The number of nitrogens with zero attached hydrogens (tertiary/aromatic N) is 2. The van der Waals surface area contributed by atoms with Gasteiger partial charge in [0.05, 0.1) is 25.0 Å². The lowest BCUT2D eigenvalue weighted by Crippen LogP contribution is -2.16. The van der Waals surface area contributed by atoms with Gasteiger partial charge < -0.3 is 9.30 Å². The molecule has 0 unspecified atom stereocenters. The average molecular weight is 405 g/mol. The maximum atomic E-state index is 13.4. The number of halogens is 1. The van der Waals surface area contributed by atoms with Crippen LogP contribution in [0.5, 0.6) is 5.75 Å². The van der Waals surface area contributed by atoms with Gasteiger partial charge in [0.15, 0.2) is 4.80 Å². The van der Waals surface area contributed by atoms with E-state index in [0.717, 1.165) is 27.5 Å². The molecule has 5 heteroatoms. The first-order chi connectivity index (χ1) is 14.1. The first-order valence-electron chi connectivity index (χ1n) is 9.31. The molecule has 0 aliphatic rings. The van der Waals surface area contributed by atoms with E-state index in [1.54, 1.807) is 30.6 Å². The van der Waals surface area contributed by atoms with Crippen LogP contribution in [-0.2, 0) is 6.54 Å². The summed E-state index contributed by atoms with van der Waals surface area (Å²) in [4.78, 5) is 5.73. The van der Waals surface area contributed by atoms with E-state index in [1.807, 2.05) is 24.3 Å². The standard InChI is InChI=1S/C24H21FN2OS/c1-17-3-5-18(6-4-17)15-27-23(19-7-9-20(25)10-8-19)16-29-24(27)26-21-11-13-22(28-2)14-12-21/h3-14,16H,15H2,1-2H3. The molecule has 146 valence electrons. The topological polar surface area (TPSA) is 26.5 Å². The Hall–Kier alpha value is -3.18.